The van der Waals surface area contributed by atoms with Crippen molar-refractivity contribution >= 4 is 11.6 Å². The third-order valence-electron chi connectivity index (χ3n) is 2.85. The van der Waals surface area contributed by atoms with Gasteiger partial charge < -0.3 is 15.5 Å². The lowest BCUT2D eigenvalue weighted by Gasteiger charge is -2.27. The lowest BCUT2D eigenvalue weighted by molar-refractivity contribution is 0.653. The summed E-state index contributed by atoms with van der Waals surface area (Å²) in [4.78, 5) is 6.33. The fourth-order valence-corrected chi connectivity index (χ4v) is 1.58. The van der Waals surface area contributed by atoms with Crippen molar-refractivity contribution in [1.82, 2.24) is 10.6 Å². The van der Waals surface area contributed by atoms with Crippen LogP contribution >= 0.6 is 0 Å². The molecule has 0 saturated carbocycles. The number of guanidine groups is 1. The lowest BCUT2D eigenvalue weighted by atomic mass is 10.2. The molecule has 0 amide bonds. The molecule has 1 atom stereocenters. The van der Waals surface area contributed by atoms with Crippen LogP contribution in [0.25, 0.3) is 0 Å². The molecular weight excluding hydrogens is 212 g/mol. The Morgan fingerprint density at radius 3 is 2.53 bits per heavy atom. The van der Waals surface area contributed by atoms with Crippen LogP contribution < -0.4 is 15.5 Å². The van der Waals surface area contributed by atoms with Crippen molar-refractivity contribution in [2.45, 2.75) is 13.0 Å². The van der Waals surface area contributed by atoms with Crippen LogP contribution in [0.3, 0.4) is 0 Å². The zero-order valence-electron chi connectivity index (χ0n) is 11.1. The van der Waals surface area contributed by atoms with Gasteiger partial charge in [0.15, 0.2) is 5.96 Å². The molecule has 0 fully saturated rings. The van der Waals surface area contributed by atoms with Gasteiger partial charge in [-0.15, -0.1) is 0 Å². The predicted octanol–water partition coefficient (Wildman–Crippen LogP) is 1.31. The summed E-state index contributed by atoms with van der Waals surface area (Å²) in [5, 5.41) is 6.27. The van der Waals surface area contributed by atoms with E-state index in [4.69, 9.17) is 0 Å². The van der Waals surface area contributed by atoms with Crippen LogP contribution in [0, 0.1) is 0 Å². The zero-order valence-corrected chi connectivity index (χ0v) is 11.1. The predicted molar refractivity (Wildman–Crippen MR) is 74.7 cm³/mol. The van der Waals surface area contributed by atoms with E-state index in [-0.39, 0.29) is 0 Å². The molecule has 0 aliphatic heterocycles. The van der Waals surface area contributed by atoms with Crippen LogP contribution in [0.5, 0.6) is 0 Å². The number of nitrogens with zero attached hydrogens (tertiary/aromatic N) is 2. The Balaban J connectivity index is 2.50. The maximum absolute atomic E-state index is 4.09. The zero-order chi connectivity index (χ0) is 12.7. The van der Waals surface area contributed by atoms with Gasteiger partial charge in [0, 0.05) is 39.4 Å². The van der Waals surface area contributed by atoms with Gasteiger partial charge in [0.25, 0.3) is 0 Å². The quantitative estimate of drug-likeness (QED) is 0.609. The molecule has 4 heteroatoms. The van der Waals surface area contributed by atoms with Crippen molar-refractivity contribution in [2.75, 3.05) is 32.6 Å². The van der Waals surface area contributed by atoms with E-state index in [2.05, 4.69) is 58.8 Å². The van der Waals surface area contributed by atoms with Gasteiger partial charge in [-0.05, 0) is 19.1 Å². The molecule has 0 spiro atoms. The summed E-state index contributed by atoms with van der Waals surface area (Å²) in [6.45, 7) is 3.03. The molecule has 0 aliphatic rings. The van der Waals surface area contributed by atoms with E-state index in [9.17, 15) is 0 Å². The summed E-state index contributed by atoms with van der Waals surface area (Å²) in [6.07, 6.45) is 0. The molecule has 1 rings (SSSR count). The lowest BCUT2D eigenvalue weighted by Crippen LogP contribution is -2.44. The van der Waals surface area contributed by atoms with E-state index in [1.54, 1.807) is 7.05 Å². The highest BCUT2D eigenvalue weighted by molar-refractivity contribution is 5.79. The third-order valence-corrected chi connectivity index (χ3v) is 2.85. The fraction of sp³-hybridized carbons (Fsp3) is 0.462. The molecule has 1 aromatic rings. The minimum Gasteiger partial charge on any atom is -0.370 e. The molecule has 4 nitrogen and oxygen atoms in total. The normalized spacial score (nSPS) is 13.1. The molecule has 94 valence electrons. The Bertz CT molecular complexity index is 348. The average molecular weight is 234 g/mol. The number of para-hydroxylation sites is 1. The van der Waals surface area contributed by atoms with Crippen LogP contribution in [-0.4, -0.2) is 39.7 Å². The molecule has 0 unspecified atom stereocenters. The Morgan fingerprint density at radius 1 is 1.35 bits per heavy atom. The summed E-state index contributed by atoms with van der Waals surface area (Å²) >= 11 is 0. The summed E-state index contributed by atoms with van der Waals surface area (Å²) in [7, 11) is 5.73. The fourth-order valence-electron chi connectivity index (χ4n) is 1.58. The Kier molecular flexibility index (Phi) is 5.33. The van der Waals surface area contributed by atoms with Crippen molar-refractivity contribution in [3.63, 3.8) is 0 Å². The van der Waals surface area contributed by atoms with Gasteiger partial charge in [0.1, 0.15) is 0 Å². The SMILES string of the molecule is CN=C(NC)NC[C@@H](C)N(C)c1ccccc1. The van der Waals surface area contributed by atoms with Crippen molar-refractivity contribution in [3.8, 4) is 0 Å². The number of hydrogen-bond donors (Lipinski definition) is 2. The highest BCUT2D eigenvalue weighted by atomic mass is 15.2. The average Bonchev–Trinajstić information content (AvgIpc) is 2.39. The molecule has 0 saturated heterocycles. The topological polar surface area (TPSA) is 39.7 Å². The van der Waals surface area contributed by atoms with Gasteiger partial charge in [-0.1, -0.05) is 18.2 Å². The van der Waals surface area contributed by atoms with Crippen molar-refractivity contribution in [2.24, 2.45) is 4.99 Å². The maximum Gasteiger partial charge on any atom is 0.190 e. The van der Waals surface area contributed by atoms with Gasteiger partial charge in [0.2, 0.25) is 0 Å². The minimum atomic E-state index is 0.391. The first-order valence-corrected chi connectivity index (χ1v) is 5.85. The number of aliphatic imine (C=N–C) groups is 1. The Hall–Kier alpha value is -1.71. The molecule has 0 heterocycles. The molecule has 2 N–H and O–H groups in total. The standard InChI is InChI=1S/C13H22N4/c1-11(10-16-13(14-2)15-3)17(4)12-8-6-5-7-9-12/h5-9,11H,10H2,1-4H3,(H2,14,15,16)/t11-/m1/s1. The molecule has 17 heavy (non-hydrogen) atoms. The van der Waals surface area contributed by atoms with Crippen molar-refractivity contribution < 1.29 is 0 Å². The number of benzene rings is 1. The first-order chi connectivity index (χ1) is 8.19. The highest BCUT2D eigenvalue weighted by Gasteiger charge is 2.09. The van der Waals surface area contributed by atoms with E-state index in [0.29, 0.717) is 6.04 Å². The van der Waals surface area contributed by atoms with Crippen LogP contribution in [-0.2, 0) is 0 Å². The van der Waals surface area contributed by atoms with Crippen LogP contribution in [0.1, 0.15) is 6.92 Å². The van der Waals surface area contributed by atoms with Crippen LogP contribution in [0.4, 0.5) is 5.69 Å². The second-order valence-electron chi connectivity index (χ2n) is 4.00. The van der Waals surface area contributed by atoms with E-state index in [0.717, 1.165) is 12.5 Å². The second-order valence-corrected chi connectivity index (χ2v) is 4.00. The summed E-state index contributed by atoms with van der Waals surface area (Å²) in [5.74, 6) is 0.818. The maximum atomic E-state index is 4.09. The number of hydrogen-bond acceptors (Lipinski definition) is 2. The molecule has 0 bridgehead atoms. The van der Waals surface area contributed by atoms with Gasteiger partial charge >= 0.3 is 0 Å². The third kappa shape index (κ3) is 3.98. The van der Waals surface area contributed by atoms with Gasteiger partial charge in [0.05, 0.1) is 0 Å². The highest BCUT2D eigenvalue weighted by Crippen LogP contribution is 2.13. The number of anilines is 1. The summed E-state index contributed by atoms with van der Waals surface area (Å²) < 4.78 is 0. The second kappa shape index (κ2) is 6.78. The smallest absolute Gasteiger partial charge is 0.190 e. The molecular formula is C13H22N4. The molecule has 1 aromatic carbocycles. The van der Waals surface area contributed by atoms with Crippen LogP contribution in [0.2, 0.25) is 0 Å². The minimum absolute atomic E-state index is 0.391. The van der Waals surface area contributed by atoms with E-state index >= 15 is 0 Å². The van der Waals surface area contributed by atoms with Gasteiger partial charge in [-0.25, -0.2) is 0 Å². The first-order valence-electron chi connectivity index (χ1n) is 5.85. The van der Waals surface area contributed by atoms with Crippen molar-refractivity contribution in [1.29, 1.82) is 0 Å². The Morgan fingerprint density at radius 2 is 2.00 bits per heavy atom. The van der Waals surface area contributed by atoms with Gasteiger partial charge in [-0.3, -0.25) is 4.99 Å². The van der Waals surface area contributed by atoms with Gasteiger partial charge in [-0.2, -0.15) is 0 Å². The largest absolute Gasteiger partial charge is 0.370 e. The summed E-state index contributed by atoms with van der Waals surface area (Å²) in [6, 6.07) is 10.8. The van der Waals surface area contributed by atoms with Crippen LogP contribution in [0.15, 0.2) is 35.3 Å². The van der Waals surface area contributed by atoms with E-state index in [1.807, 2.05) is 13.1 Å². The summed E-state index contributed by atoms with van der Waals surface area (Å²) in [5.41, 5.74) is 1.22. The molecule has 0 radical (unpaired) electrons. The first kappa shape index (κ1) is 13.4. The number of nitrogens with one attached hydrogen (secondary N) is 2. The van der Waals surface area contributed by atoms with E-state index < -0.39 is 0 Å². The van der Waals surface area contributed by atoms with Crippen molar-refractivity contribution in [3.05, 3.63) is 30.3 Å². The Labute approximate surface area is 104 Å². The number of likely N-dealkylation sites (N-methyl/N-ethyl adjacent to an activating group) is 1. The molecule has 0 aliphatic carbocycles. The van der Waals surface area contributed by atoms with E-state index in [1.165, 1.54) is 5.69 Å². The monoisotopic (exact) mass is 234 g/mol. The number of rotatable bonds is 4. The molecule has 0 aromatic heterocycles.